The number of hydrogen-bond acceptors (Lipinski definition) is 4. The molecule has 0 fully saturated rings. The number of carbonyl (C=O) groups excluding carboxylic acids is 1. The van der Waals surface area contributed by atoms with Crippen LogP contribution in [0.1, 0.15) is 35.6 Å². The van der Waals surface area contributed by atoms with E-state index in [2.05, 4.69) is 71.4 Å². The predicted octanol–water partition coefficient (Wildman–Crippen LogP) is 4.69. The fourth-order valence-corrected chi connectivity index (χ4v) is 4.23. The van der Waals surface area contributed by atoms with Crippen molar-refractivity contribution in [1.29, 1.82) is 0 Å². The lowest BCUT2D eigenvalue weighted by Gasteiger charge is -2.14. The molecule has 0 aliphatic rings. The molecule has 0 saturated heterocycles. The Hall–Kier alpha value is -2.05. The van der Waals surface area contributed by atoms with Crippen LogP contribution >= 0.6 is 23.1 Å². The van der Waals surface area contributed by atoms with Gasteiger partial charge in [-0.2, -0.15) is 0 Å². The molecule has 0 aliphatic carbocycles. The number of rotatable bonds is 6. The second-order valence-corrected chi connectivity index (χ2v) is 8.03. The highest BCUT2D eigenvalue weighted by Gasteiger charge is 2.14. The Balaban J connectivity index is 1.63. The zero-order valence-electron chi connectivity index (χ0n) is 15.4. The van der Waals surface area contributed by atoms with Gasteiger partial charge in [-0.25, -0.2) is 4.98 Å². The fraction of sp³-hybridized carbons (Fsp3) is 0.300. The van der Waals surface area contributed by atoms with Crippen LogP contribution < -0.4 is 5.32 Å². The average Bonchev–Trinajstić information content (AvgIpc) is 3.20. The van der Waals surface area contributed by atoms with E-state index in [1.165, 1.54) is 4.90 Å². The molecule has 0 saturated carbocycles. The molecule has 0 bridgehead atoms. The van der Waals surface area contributed by atoms with Crippen LogP contribution in [0.15, 0.2) is 46.7 Å². The molecule has 3 aromatic rings. The van der Waals surface area contributed by atoms with Gasteiger partial charge in [0.15, 0.2) is 5.13 Å². The number of carbonyl (C=O) groups is 1. The summed E-state index contributed by atoms with van der Waals surface area (Å²) in [6.07, 6.45) is 2.35. The van der Waals surface area contributed by atoms with Gasteiger partial charge in [0.2, 0.25) is 5.91 Å². The van der Waals surface area contributed by atoms with Gasteiger partial charge < -0.3 is 5.32 Å². The zero-order valence-corrected chi connectivity index (χ0v) is 17.1. The van der Waals surface area contributed by atoms with Gasteiger partial charge in [-0.1, -0.05) is 12.1 Å². The van der Waals surface area contributed by atoms with Gasteiger partial charge in [0.1, 0.15) is 0 Å². The molecule has 0 spiro atoms. The SMILES string of the molecule is CSc1ccc([C@H](C)NC(=O)Cc2csc(-n3c(C)ccc3C)n2)cc1. The maximum Gasteiger partial charge on any atom is 0.226 e. The van der Waals surface area contributed by atoms with E-state index in [9.17, 15) is 4.79 Å². The second-order valence-electron chi connectivity index (χ2n) is 6.31. The number of amides is 1. The van der Waals surface area contributed by atoms with E-state index < -0.39 is 0 Å². The van der Waals surface area contributed by atoms with E-state index in [-0.39, 0.29) is 11.9 Å². The lowest BCUT2D eigenvalue weighted by atomic mass is 10.1. The molecule has 1 atom stereocenters. The molecule has 136 valence electrons. The molecular weight excluding hydrogens is 362 g/mol. The van der Waals surface area contributed by atoms with Gasteiger partial charge in [-0.05, 0) is 56.9 Å². The van der Waals surface area contributed by atoms with Gasteiger partial charge in [-0.3, -0.25) is 9.36 Å². The standard InChI is InChI=1S/C20H23N3OS2/c1-13-5-6-14(2)23(13)20-22-17(12-26-20)11-19(24)21-15(3)16-7-9-18(25-4)10-8-16/h5-10,12,15H,11H2,1-4H3,(H,21,24)/t15-/m0/s1. The summed E-state index contributed by atoms with van der Waals surface area (Å²) in [7, 11) is 0. The van der Waals surface area contributed by atoms with Gasteiger partial charge in [0.05, 0.1) is 18.2 Å². The Labute approximate surface area is 162 Å². The number of thiazole rings is 1. The first-order valence-electron chi connectivity index (χ1n) is 8.51. The quantitative estimate of drug-likeness (QED) is 0.626. The zero-order chi connectivity index (χ0) is 18.7. The maximum absolute atomic E-state index is 12.4. The minimum Gasteiger partial charge on any atom is -0.349 e. The fourth-order valence-electron chi connectivity index (χ4n) is 2.88. The van der Waals surface area contributed by atoms with Crippen LogP contribution in [0.4, 0.5) is 0 Å². The molecule has 2 aromatic heterocycles. The third-order valence-corrected chi connectivity index (χ3v) is 5.96. The van der Waals surface area contributed by atoms with Gasteiger partial charge >= 0.3 is 0 Å². The van der Waals surface area contributed by atoms with Crippen LogP contribution in [0, 0.1) is 13.8 Å². The van der Waals surface area contributed by atoms with Crippen molar-refractivity contribution in [1.82, 2.24) is 14.9 Å². The summed E-state index contributed by atoms with van der Waals surface area (Å²) in [6.45, 7) is 6.13. The minimum absolute atomic E-state index is 0.00996. The highest BCUT2D eigenvalue weighted by Crippen LogP contribution is 2.21. The molecule has 3 rings (SSSR count). The first-order valence-corrected chi connectivity index (χ1v) is 10.6. The number of nitrogens with zero attached hydrogens (tertiary/aromatic N) is 2. The number of thioether (sulfide) groups is 1. The number of nitrogens with one attached hydrogen (secondary N) is 1. The molecule has 0 aliphatic heterocycles. The second kappa shape index (κ2) is 8.10. The van der Waals surface area contributed by atoms with Crippen molar-refractivity contribution in [3.63, 3.8) is 0 Å². The molecule has 1 N–H and O–H groups in total. The van der Waals surface area contributed by atoms with E-state index in [4.69, 9.17) is 0 Å². The van der Waals surface area contributed by atoms with E-state index in [0.29, 0.717) is 6.42 Å². The van der Waals surface area contributed by atoms with Crippen molar-refractivity contribution in [2.75, 3.05) is 6.26 Å². The third kappa shape index (κ3) is 4.19. The molecular formula is C20H23N3OS2. The van der Waals surface area contributed by atoms with Crippen LogP contribution in [0.3, 0.4) is 0 Å². The van der Waals surface area contributed by atoms with Gasteiger partial charge in [0.25, 0.3) is 0 Å². The summed E-state index contributed by atoms with van der Waals surface area (Å²) >= 11 is 3.28. The summed E-state index contributed by atoms with van der Waals surface area (Å²) < 4.78 is 2.11. The number of benzene rings is 1. The third-order valence-electron chi connectivity index (χ3n) is 4.34. The Morgan fingerprint density at radius 3 is 2.46 bits per heavy atom. The van der Waals surface area contributed by atoms with Crippen LogP contribution in [0.5, 0.6) is 0 Å². The number of aryl methyl sites for hydroxylation is 2. The molecule has 6 heteroatoms. The summed E-state index contributed by atoms with van der Waals surface area (Å²) in [5, 5.41) is 5.94. The maximum atomic E-state index is 12.4. The molecule has 0 unspecified atom stereocenters. The van der Waals surface area contributed by atoms with Gasteiger partial charge in [0, 0.05) is 21.7 Å². The number of hydrogen-bond donors (Lipinski definition) is 1. The van der Waals surface area contributed by atoms with Crippen molar-refractivity contribution < 1.29 is 4.79 Å². The highest BCUT2D eigenvalue weighted by molar-refractivity contribution is 7.98. The van der Waals surface area contributed by atoms with Crippen LogP contribution in [0.2, 0.25) is 0 Å². The van der Waals surface area contributed by atoms with E-state index in [1.807, 2.05) is 12.3 Å². The van der Waals surface area contributed by atoms with E-state index >= 15 is 0 Å². The topological polar surface area (TPSA) is 46.9 Å². The first-order chi connectivity index (χ1) is 12.5. The van der Waals surface area contributed by atoms with Crippen LogP contribution in [-0.4, -0.2) is 21.7 Å². The van der Waals surface area contributed by atoms with Crippen molar-refractivity contribution >= 4 is 29.0 Å². The molecule has 1 aromatic carbocycles. The van der Waals surface area contributed by atoms with Crippen molar-refractivity contribution in [3.05, 3.63) is 64.4 Å². The van der Waals surface area contributed by atoms with Crippen molar-refractivity contribution in [3.8, 4) is 5.13 Å². The smallest absolute Gasteiger partial charge is 0.226 e. The summed E-state index contributed by atoms with van der Waals surface area (Å²) in [5.74, 6) is -0.00996. The number of aromatic nitrogens is 2. The summed E-state index contributed by atoms with van der Waals surface area (Å²) in [4.78, 5) is 18.2. The molecule has 1 amide bonds. The minimum atomic E-state index is -0.0227. The Morgan fingerprint density at radius 1 is 1.19 bits per heavy atom. The monoisotopic (exact) mass is 385 g/mol. The first kappa shape index (κ1) is 18.7. The van der Waals surface area contributed by atoms with Gasteiger partial charge in [-0.15, -0.1) is 23.1 Å². The van der Waals surface area contributed by atoms with Crippen molar-refractivity contribution in [2.24, 2.45) is 0 Å². The molecule has 2 heterocycles. The Morgan fingerprint density at radius 2 is 1.85 bits per heavy atom. The lowest BCUT2D eigenvalue weighted by molar-refractivity contribution is -0.121. The molecule has 0 radical (unpaired) electrons. The largest absolute Gasteiger partial charge is 0.349 e. The highest BCUT2D eigenvalue weighted by atomic mass is 32.2. The van der Waals surface area contributed by atoms with Crippen LogP contribution in [-0.2, 0) is 11.2 Å². The summed E-state index contributed by atoms with van der Waals surface area (Å²) in [6, 6.07) is 12.4. The van der Waals surface area contributed by atoms with E-state index in [0.717, 1.165) is 27.8 Å². The predicted molar refractivity (Wildman–Crippen MR) is 109 cm³/mol. The lowest BCUT2D eigenvalue weighted by Crippen LogP contribution is -2.28. The molecule has 26 heavy (non-hydrogen) atoms. The summed E-state index contributed by atoms with van der Waals surface area (Å²) in [5.41, 5.74) is 4.21. The average molecular weight is 386 g/mol. The Bertz CT molecular complexity index is 877. The van der Waals surface area contributed by atoms with Crippen molar-refractivity contribution in [2.45, 2.75) is 38.1 Å². The Kier molecular flexibility index (Phi) is 5.84. The normalized spacial score (nSPS) is 12.2. The molecule has 4 nitrogen and oxygen atoms in total. The van der Waals surface area contributed by atoms with Crippen LogP contribution in [0.25, 0.3) is 5.13 Å². The van der Waals surface area contributed by atoms with E-state index in [1.54, 1.807) is 23.1 Å².